The molecule has 112 valence electrons. The average molecular weight is 302 g/mol. The van der Waals surface area contributed by atoms with Crippen molar-refractivity contribution in [1.82, 2.24) is 10.1 Å². The van der Waals surface area contributed by atoms with Crippen molar-refractivity contribution in [3.63, 3.8) is 0 Å². The van der Waals surface area contributed by atoms with Crippen LogP contribution in [-0.4, -0.2) is 10.1 Å². The summed E-state index contributed by atoms with van der Waals surface area (Å²) < 4.78 is 10.7. The van der Waals surface area contributed by atoms with Gasteiger partial charge < -0.3 is 9.26 Å². The van der Waals surface area contributed by atoms with Gasteiger partial charge in [-0.05, 0) is 36.4 Å². The number of ether oxygens (including phenoxy) is 1. The molecule has 2 aromatic heterocycles. The summed E-state index contributed by atoms with van der Waals surface area (Å²) in [7, 11) is 0. The first-order chi connectivity index (χ1) is 11.4. The SMILES string of the molecule is c1ccc2nc(COc3ccc(-c4ccon4)cc3)ccc2c1. The van der Waals surface area contributed by atoms with E-state index in [0.29, 0.717) is 6.61 Å². The third-order valence-electron chi connectivity index (χ3n) is 3.63. The van der Waals surface area contributed by atoms with Gasteiger partial charge in [0.1, 0.15) is 24.3 Å². The molecule has 0 N–H and O–H groups in total. The molecule has 0 bridgehead atoms. The molecule has 0 atom stereocenters. The lowest BCUT2D eigenvalue weighted by Crippen LogP contribution is -1.98. The van der Waals surface area contributed by atoms with Crippen molar-refractivity contribution in [3.05, 3.63) is 78.7 Å². The largest absolute Gasteiger partial charge is 0.487 e. The number of nitrogens with zero attached hydrogens (tertiary/aromatic N) is 2. The highest BCUT2D eigenvalue weighted by molar-refractivity contribution is 5.78. The molecule has 0 fully saturated rings. The summed E-state index contributed by atoms with van der Waals surface area (Å²) in [6, 6.07) is 21.7. The molecule has 0 aliphatic heterocycles. The van der Waals surface area contributed by atoms with Gasteiger partial charge in [0.2, 0.25) is 0 Å². The minimum Gasteiger partial charge on any atom is -0.487 e. The van der Waals surface area contributed by atoms with Crippen LogP contribution in [0.5, 0.6) is 5.75 Å². The Balaban J connectivity index is 1.47. The second-order valence-corrected chi connectivity index (χ2v) is 5.19. The Hall–Kier alpha value is -3.14. The number of rotatable bonds is 4. The lowest BCUT2D eigenvalue weighted by molar-refractivity contribution is 0.302. The number of fused-ring (bicyclic) bond motifs is 1. The van der Waals surface area contributed by atoms with E-state index in [1.165, 1.54) is 0 Å². The van der Waals surface area contributed by atoms with Crippen molar-refractivity contribution in [2.24, 2.45) is 0 Å². The van der Waals surface area contributed by atoms with Crippen LogP contribution in [0.25, 0.3) is 22.2 Å². The Labute approximate surface area is 133 Å². The first-order valence-corrected chi connectivity index (χ1v) is 7.37. The summed E-state index contributed by atoms with van der Waals surface area (Å²) in [5.41, 5.74) is 3.70. The van der Waals surface area contributed by atoms with Gasteiger partial charge in [0.15, 0.2) is 0 Å². The van der Waals surface area contributed by atoms with Crippen LogP contribution in [0.4, 0.5) is 0 Å². The van der Waals surface area contributed by atoms with Crippen LogP contribution in [0.3, 0.4) is 0 Å². The highest BCUT2D eigenvalue weighted by atomic mass is 16.5. The normalized spacial score (nSPS) is 10.8. The van der Waals surface area contributed by atoms with E-state index in [1.807, 2.05) is 54.6 Å². The van der Waals surface area contributed by atoms with Crippen molar-refractivity contribution in [2.45, 2.75) is 6.61 Å². The average Bonchev–Trinajstić information content (AvgIpc) is 3.15. The molecule has 0 aliphatic carbocycles. The first kappa shape index (κ1) is 13.5. The van der Waals surface area contributed by atoms with E-state index in [9.17, 15) is 0 Å². The number of pyridine rings is 1. The fraction of sp³-hybridized carbons (Fsp3) is 0.0526. The molecule has 0 radical (unpaired) electrons. The highest BCUT2D eigenvalue weighted by Crippen LogP contribution is 2.21. The number of hydrogen-bond donors (Lipinski definition) is 0. The van der Waals surface area contributed by atoms with Gasteiger partial charge in [-0.3, -0.25) is 0 Å². The van der Waals surface area contributed by atoms with Crippen LogP contribution in [0.2, 0.25) is 0 Å². The molecule has 4 aromatic rings. The maximum atomic E-state index is 5.81. The topological polar surface area (TPSA) is 48.2 Å². The maximum Gasteiger partial charge on any atom is 0.130 e. The fourth-order valence-electron chi connectivity index (χ4n) is 2.43. The molecule has 0 unspecified atom stereocenters. The molecule has 0 spiro atoms. The van der Waals surface area contributed by atoms with E-state index in [0.717, 1.165) is 33.6 Å². The zero-order valence-electron chi connectivity index (χ0n) is 12.3. The number of hydrogen-bond acceptors (Lipinski definition) is 4. The third kappa shape index (κ3) is 2.92. The van der Waals surface area contributed by atoms with Crippen molar-refractivity contribution in [2.75, 3.05) is 0 Å². The minimum atomic E-state index is 0.439. The van der Waals surface area contributed by atoms with Crippen LogP contribution in [-0.2, 0) is 6.61 Å². The zero-order chi connectivity index (χ0) is 15.5. The monoisotopic (exact) mass is 302 g/mol. The number of benzene rings is 2. The van der Waals surface area contributed by atoms with Crippen molar-refractivity contribution >= 4 is 10.9 Å². The molecule has 0 saturated carbocycles. The quantitative estimate of drug-likeness (QED) is 0.558. The second-order valence-electron chi connectivity index (χ2n) is 5.19. The minimum absolute atomic E-state index is 0.439. The molecule has 0 amide bonds. The fourth-order valence-corrected chi connectivity index (χ4v) is 2.43. The Bertz CT molecular complexity index is 916. The smallest absolute Gasteiger partial charge is 0.130 e. The van der Waals surface area contributed by atoms with E-state index in [-0.39, 0.29) is 0 Å². The van der Waals surface area contributed by atoms with E-state index >= 15 is 0 Å². The highest BCUT2D eigenvalue weighted by Gasteiger charge is 2.03. The number of aromatic nitrogens is 2. The summed E-state index contributed by atoms with van der Waals surface area (Å²) in [6.07, 6.45) is 1.56. The maximum absolute atomic E-state index is 5.81. The van der Waals surface area contributed by atoms with E-state index in [1.54, 1.807) is 6.26 Å². The van der Waals surface area contributed by atoms with E-state index in [2.05, 4.69) is 22.3 Å². The zero-order valence-corrected chi connectivity index (χ0v) is 12.3. The van der Waals surface area contributed by atoms with Gasteiger partial charge in [0.25, 0.3) is 0 Å². The molecule has 4 rings (SSSR count). The molecular weight excluding hydrogens is 288 g/mol. The summed E-state index contributed by atoms with van der Waals surface area (Å²) >= 11 is 0. The van der Waals surface area contributed by atoms with Gasteiger partial charge in [0, 0.05) is 17.0 Å². The van der Waals surface area contributed by atoms with E-state index < -0.39 is 0 Å². The van der Waals surface area contributed by atoms with Crippen LogP contribution in [0, 0.1) is 0 Å². The first-order valence-electron chi connectivity index (χ1n) is 7.37. The predicted molar refractivity (Wildman–Crippen MR) is 88.0 cm³/mol. The van der Waals surface area contributed by atoms with Gasteiger partial charge >= 0.3 is 0 Å². The van der Waals surface area contributed by atoms with Crippen molar-refractivity contribution in [3.8, 4) is 17.0 Å². The summed E-state index contributed by atoms with van der Waals surface area (Å²) in [5, 5.41) is 5.05. The molecule has 0 saturated heterocycles. The molecule has 2 heterocycles. The lowest BCUT2D eigenvalue weighted by atomic mass is 10.1. The van der Waals surface area contributed by atoms with Crippen LogP contribution >= 0.6 is 0 Å². The van der Waals surface area contributed by atoms with Gasteiger partial charge in [-0.2, -0.15) is 0 Å². The molecular formula is C19H14N2O2. The Morgan fingerprint density at radius 2 is 1.74 bits per heavy atom. The Morgan fingerprint density at radius 1 is 0.870 bits per heavy atom. The molecule has 2 aromatic carbocycles. The van der Waals surface area contributed by atoms with Crippen molar-refractivity contribution in [1.29, 1.82) is 0 Å². The summed E-state index contributed by atoms with van der Waals surface area (Å²) in [4.78, 5) is 4.60. The Morgan fingerprint density at radius 3 is 2.57 bits per heavy atom. The predicted octanol–water partition coefficient (Wildman–Crippen LogP) is 4.47. The molecule has 4 nitrogen and oxygen atoms in total. The number of para-hydroxylation sites is 1. The molecule has 4 heteroatoms. The van der Waals surface area contributed by atoms with Gasteiger partial charge in [-0.15, -0.1) is 0 Å². The van der Waals surface area contributed by atoms with Crippen LogP contribution in [0.15, 0.2) is 77.5 Å². The van der Waals surface area contributed by atoms with Gasteiger partial charge in [0.05, 0.1) is 11.2 Å². The summed E-state index contributed by atoms with van der Waals surface area (Å²) in [6.45, 7) is 0.439. The van der Waals surface area contributed by atoms with Crippen LogP contribution in [0.1, 0.15) is 5.69 Å². The van der Waals surface area contributed by atoms with Gasteiger partial charge in [-0.1, -0.05) is 29.4 Å². The van der Waals surface area contributed by atoms with Gasteiger partial charge in [-0.25, -0.2) is 4.98 Å². The third-order valence-corrected chi connectivity index (χ3v) is 3.63. The summed E-state index contributed by atoms with van der Waals surface area (Å²) in [5.74, 6) is 0.798. The Kier molecular flexibility index (Phi) is 3.48. The standard InChI is InChI=1S/C19H14N2O2/c1-2-4-18-14(3-1)5-8-16(20-18)13-22-17-9-6-15(7-10-17)19-11-12-23-21-19/h1-12H,13H2. The molecule has 23 heavy (non-hydrogen) atoms. The molecule has 0 aliphatic rings. The van der Waals surface area contributed by atoms with Crippen LogP contribution < -0.4 is 4.74 Å². The second kappa shape index (κ2) is 5.93. The van der Waals surface area contributed by atoms with Crippen molar-refractivity contribution < 1.29 is 9.26 Å². The van der Waals surface area contributed by atoms with E-state index in [4.69, 9.17) is 9.26 Å². The lowest BCUT2D eigenvalue weighted by Gasteiger charge is -2.07.